The first-order valence-electron chi connectivity index (χ1n) is 6.21. The lowest BCUT2D eigenvalue weighted by atomic mass is 10.1. The van der Waals surface area contributed by atoms with Crippen LogP contribution in [0.5, 0.6) is 0 Å². The van der Waals surface area contributed by atoms with Crippen molar-refractivity contribution in [2.75, 3.05) is 27.2 Å². The summed E-state index contributed by atoms with van der Waals surface area (Å²) in [6, 6.07) is 8.26. The minimum Gasteiger partial charge on any atom is -0.337 e. The van der Waals surface area contributed by atoms with Gasteiger partial charge in [-0.15, -0.1) is 0 Å². The molecule has 1 aromatic carbocycles. The normalized spacial score (nSPS) is 23.7. The van der Waals surface area contributed by atoms with Gasteiger partial charge in [-0.25, -0.2) is 0 Å². The van der Waals surface area contributed by atoms with Crippen molar-refractivity contribution in [2.24, 2.45) is 5.92 Å². The summed E-state index contributed by atoms with van der Waals surface area (Å²) in [6.45, 7) is 3.90. The Labute approximate surface area is 122 Å². The van der Waals surface area contributed by atoms with Crippen molar-refractivity contribution in [2.45, 2.75) is 13.0 Å². The van der Waals surface area contributed by atoms with E-state index < -0.39 is 0 Å². The van der Waals surface area contributed by atoms with E-state index in [0.717, 1.165) is 22.2 Å². The molecular weight excluding hydrogens is 339 g/mol. The monoisotopic (exact) mass is 358 g/mol. The Morgan fingerprint density at radius 1 is 1.33 bits per heavy atom. The van der Waals surface area contributed by atoms with Crippen LogP contribution in [0.4, 0.5) is 0 Å². The fourth-order valence-corrected chi connectivity index (χ4v) is 3.21. The van der Waals surface area contributed by atoms with E-state index in [-0.39, 0.29) is 5.91 Å². The number of nitrogens with zero attached hydrogens (tertiary/aromatic N) is 2. The van der Waals surface area contributed by atoms with Crippen molar-refractivity contribution in [3.8, 4) is 0 Å². The van der Waals surface area contributed by atoms with Gasteiger partial charge in [-0.05, 0) is 54.7 Å². The lowest BCUT2D eigenvalue weighted by Gasteiger charge is -2.22. The average molecular weight is 358 g/mol. The molecule has 0 N–H and O–H groups in total. The Balaban J connectivity index is 2.15. The minimum absolute atomic E-state index is 0.163. The number of halogens is 1. The summed E-state index contributed by atoms with van der Waals surface area (Å²) in [7, 11) is 4.17. The second kappa shape index (κ2) is 5.57. The number of carbonyl (C=O) groups excluding carboxylic acids is 1. The molecular formula is C14H19IN2O. The van der Waals surface area contributed by atoms with Crippen LogP contribution in [0.3, 0.4) is 0 Å². The Hall–Kier alpha value is -0.620. The van der Waals surface area contributed by atoms with Crippen LogP contribution in [-0.2, 0) is 0 Å². The Kier molecular flexibility index (Phi) is 4.27. The summed E-state index contributed by atoms with van der Waals surface area (Å²) in [5.41, 5.74) is 0.824. The van der Waals surface area contributed by atoms with E-state index in [4.69, 9.17) is 0 Å². The quantitative estimate of drug-likeness (QED) is 0.758. The maximum absolute atomic E-state index is 12.5. The topological polar surface area (TPSA) is 23.6 Å². The highest BCUT2D eigenvalue weighted by atomic mass is 127. The fourth-order valence-electron chi connectivity index (χ4n) is 2.59. The molecule has 2 rings (SSSR count). The maximum atomic E-state index is 12.5. The van der Waals surface area contributed by atoms with Crippen molar-refractivity contribution in [3.63, 3.8) is 0 Å². The smallest absolute Gasteiger partial charge is 0.254 e. The number of likely N-dealkylation sites (tertiary alicyclic amines) is 1. The van der Waals surface area contributed by atoms with Gasteiger partial charge in [0, 0.05) is 22.7 Å². The van der Waals surface area contributed by atoms with Crippen LogP contribution in [-0.4, -0.2) is 48.9 Å². The minimum atomic E-state index is 0.163. The van der Waals surface area contributed by atoms with Gasteiger partial charge in [0.15, 0.2) is 0 Å². The van der Waals surface area contributed by atoms with Gasteiger partial charge < -0.3 is 9.80 Å². The summed E-state index contributed by atoms with van der Waals surface area (Å²) in [6.07, 6.45) is 0. The second-order valence-corrected chi connectivity index (χ2v) is 6.36. The zero-order valence-corrected chi connectivity index (χ0v) is 13.2. The molecule has 1 amide bonds. The molecule has 2 atom stereocenters. The first-order valence-corrected chi connectivity index (χ1v) is 7.29. The highest BCUT2D eigenvalue weighted by Crippen LogP contribution is 2.23. The van der Waals surface area contributed by atoms with E-state index in [1.807, 2.05) is 29.2 Å². The van der Waals surface area contributed by atoms with E-state index in [1.54, 1.807) is 0 Å². The van der Waals surface area contributed by atoms with Crippen molar-refractivity contribution in [1.29, 1.82) is 0 Å². The van der Waals surface area contributed by atoms with Gasteiger partial charge >= 0.3 is 0 Å². The molecule has 1 aromatic rings. The largest absolute Gasteiger partial charge is 0.337 e. The second-order valence-electron chi connectivity index (χ2n) is 5.20. The standard InChI is InChI=1S/C14H19IN2O/c1-10-8-17(9-13(10)16(2)3)14(18)11-6-4-5-7-12(11)15/h4-7,10,13H,8-9H2,1-3H3. The van der Waals surface area contributed by atoms with Crippen molar-refractivity contribution < 1.29 is 4.79 Å². The Morgan fingerprint density at radius 2 is 2.00 bits per heavy atom. The van der Waals surface area contributed by atoms with Crippen molar-refractivity contribution >= 4 is 28.5 Å². The van der Waals surface area contributed by atoms with Crippen LogP contribution in [0.2, 0.25) is 0 Å². The van der Waals surface area contributed by atoms with Gasteiger partial charge in [0.25, 0.3) is 5.91 Å². The summed E-state index contributed by atoms with van der Waals surface area (Å²) in [5.74, 6) is 0.696. The summed E-state index contributed by atoms with van der Waals surface area (Å²) in [4.78, 5) is 16.7. The molecule has 1 aliphatic rings. The summed E-state index contributed by atoms with van der Waals surface area (Å²) < 4.78 is 1.03. The molecule has 1 aliphatic heterocycles. The van der Waals surface area contributed by atoms with Crippen LogP contribution < -0.4 is 0 Å². The molecule has 98 valence electrons. The molecule has 0 radical (unpaired) electrons. The third-order valence-corrected chi connectivity index (χ3v) is 4.57. The van der Waals surface area contributed by atoms with E-state index in [1.165, 1.54) is 0 Å². The fraction of sp³-hybridized carbons (Fsp3) is 0.500. The number of likely N-dealkylation sites (N-methyl/N-ethyl adjacent to an activating group) is 1. The molecule has 4 heteroatoms. The van der Waals surface area contributed by atoms with E-state index in [0.29, 0.717) is 12.0 Å². The molecule has 1 heterocycles. The summed E-state index contributed by atoms with van der Waals surface area (Å²) >= 11 is 2.23. The molecule has 0 saturated carbocycles. The highest BCUT2D eigenvalue weighted by Gasteiger charge is 2.34. The molecule has 0 spiro atoms. The number of benzene rings is 1. The number of hydrogen-bond acceptors (Lipinski definition) is 2. The predicted molar refractivity (Wildman–Crippen MR) is 81.7 cm³/mol. The van der Waals surface area contributed by atoms with Gasteiger partial charge in [-0.3, -0.25) is 4.79 Å². The van der Waals surface area contributed by atoms with Crippen LogP contribution in [0.25, 0.3) is 0 Å². The van der Waals surface area contributed by atoms with Crippen LogP contribution in [0.1, 0.15) is 17.3 Å². The number of carbonyl (C=O) groups is 1. The molecule has 18 heavy (non-hydrogen) atoms. The van der Waals surface area contributed by atoms with Crippen molar-refractivity contribution in [1.82, 2.24) is 9.80 Å². The lowest BCUT2D eigenvalue weighted by molar-refractivity contribution is 0.0780. The highest BCUT2D eigenvalue weighted by molar-refractivity contribution is 14.1. The van der Waals surface area contributed by atoms with Crippen LogP contribution in [0, 0.1) is 9.49 Å². The van der Waals surface area contributed by atoms with Gasteiger partial charge in [-0.2, -0.15) is 0 Å². The third kappa shape index (κ3) is 2.69. The van der Waals surface area contributed by atoms with Gasteiger partial charge in [-0.1, -0.05) is 19.1 Å². The average Bonchev–Trinajstić information content (AvgIpc) is 2.71. The van der Waals surface area contributed by atoms with Crippen molar-refractivity contribution in [3.05, 3.63) is 33.4 Å². The first-order chi connectivity index (χ1) is 8.50. The summed E-state index contributed by atoms with van der Waals surface area (Å²) in [5, 5.41) is 0. The molecule has 1 fully saturated rings. The lowest BCUT2D eigenvalue weighted by Crippen LogP contribution is -2.36. The number of rotatable bonds is 2. The zero-order chi connectivity index (χ0) is 13.3. The van der Waals surface area contributed by atoms with E-state index >= 15 is 0 Å². The molecule has 2 unspecified atom stereocenters. The molecule has 0 aromatic heterocycles. The molecule has 1 saturated heterocycles. The van der Waals surface area contributed by atoms with Crippen LogP contribution in [0.15, 0.2) is 24.3 Å². The zero-order valence-electron chi connectivity index (χ0n) is 11.1. The van der Waals surface area contributed by atoms with E-state index in [2.05, 4.69) is 48.5 Å². The first kappa shape index (κ1) is 13.8. The predicted octanol–water partition coefficient (Wildman–Crippen LogP) is 2.31. The maximum Gasteiger partial charge on any atom is 0.254 e. The Bertz CT molecular complexity index is 447. The van der Waals surface area contributed by atoms with Gasteiger partial charge in [0.1, 0.15) is 0 Å². The van der Waals surface area contributed by atoms with Crippen LogP contribution >= 0.6 is 22.6 Å². The van der Waals surface area contributed by atoms with Gasteiger partial charge in [0.05, 0.1) is 5.56 Å². The molecule has 0 aliphatic carbocycles. The molecule has 0 bridgehead atoms. The Morgan fingerprint density at radius 3 is 2.56 bits per heavy atom. The number of amides is 1. The van der Waals surface area contributed by atoms with E-state index in [9.17, 15) is 4.79 Å². The molecule has 3 nitrogen and oxygen atoms in total. The number of hydrogen-bond donors (Lipinski definition) is 0. The SMILES string of the molecule is CC1CN(C(=O)c2ccccc2I)CC1N(C)C. The van der Waals surface area contributed by atoms with Gasteiger partial charge in [0.2, 0.25) is 0 Å². The third-order valence-electron chi connectivity index (χ3n) is 3.63.